The largest absolute Gasteiger partial charge is 0.338 e. The van der Waals surface area contributed by atoms with E-state index in [-0.39, 0.29) is 17.7 Å². The fourth-order valence-corrected chi connectivity index (χ4v) is 3.76. The number of para-hydroxylation sites is 1. The Bertz CT molecular complexity index is 746. The summed E-state index contributed by atoms with van der Waals surface area (Å²) in [4.78, 5) is 27.1. The fourth-order valence-electron chi connectivity index (χ4n) is 3.23. The van der Waals surface area contributed by atoms with Gasteiger partial charge < -0.3 is 10.2 Å². The molecule has 0 aliphatic carbocycles. The standard InChI is InChI=1S/C21H24N2O2S/c1-26-15-16-9-11-17(12-10-16)21(25)23-13-5-6-18(14-23)20(24)22-19-7-3-2-4-8-19/h2-4,7-12,18H,5-6,13-15H2,1H3,(H,22,24). The van der Waals surface area contributed by atoms with Crippen molar-refractivity contribution in [2.24, 2.45) is 5.92 Å². The van der Waals surface area contributed by atoms with Crippen molar-refractivity contribution >= 4 is 29.3 Å². The molecule has 0 radical (unpaired) electrons. The van der Waals surface area contributed by atoms with E-state index in [4.69, 9.17) is 0 Å². The highest BCUT2D eigenvalue weighted by Crippen LogP contribution is 2.21. The van der Waals surface area contributed by atoms with Crippen molar-refractivity contribution in [3.8, 4) is 0 Å². The van der Waals surface area contributed by atoms with Crippen LogP contribution in [0.4, 0.5) is 5.69 Å². The molecule has 136 valence electrons. The minimum Gasteiger partial charge on any atom is -0.338 e. The third-order valence-corrected chi connectivity index (χ3v) is 5.25. The van der Waals surface area contributed by atoms with E-state index in [1.54, 1.807) is 11.8 Å². The summed E-state index contributed by atoms with van der Waals surface area (Å²) in [6.07, 6.45) is 3.73. The Morgan fingerprint density at radius 1 is 1.12 bits per heavy atom. The van der Waals surface area contributed by atoms with Gasteiger partial charge in [0.2, 0.25) is 5.91 Å². The number of thioether (sulfide) groups is 1. The molecule has 0 aromatic heterocycles. The van der Waals surface area contributed by atoms with Crippen LogP contribution in [-0.2, 0) is 10.5 Å². The summed E-state index contributed by atoms with van der Waals surface area (Å²) in [6.45, 7) is 1.19. The van der Waals surface area contributed by atoms with Crippen molar-refractivity contribution < 1.29 is 9.59 Å². The van der Waals surface area contributed by atoms with Crippen LogP contribution in [0.5, 0.6) is 0 Å². The first-order chi connectivity index (χ1) is 12.7. The van der Waals surface area contributed by atoms with Gasteiger partial charge in [-0.25, -0.2) is 0 Å². The molecule has 1 atom stereocenters. The molecule has 0 saturated carbocycles. The second kappa shape index (κ2) is 8.90. The summed E-state index contributed by atoms with van der Waals surface area (Å²) < 4.78 is 0. The number of likely N-dealkylation sites (tertiary alicyclic amines) is 1. The lowest BCUT2D eigenvalue weighted by Crippen LogP contribution is -2.43. The van der Waals surface area contributed by atoms with E-state index in [2.05, 4.69) is 11.6 Å². The monoisotopic (exact) mass is 368 g/mol. The second-order valence-electron chi connectivity index (χ2n) is 6.58. The molecule has 1 heterocycles. The van der Waals surface area contributed by atoms with Gasteiger partial charge >= 0.3 is 0 Å². The van der Waals surface area contributed by atoms with E-state index >= 15 is 0 Å². The SMILES string of the molecule is CSCc1ccc(C(=O)N2CCCC(C(=O)Nc3ccccc3)C2)cc1. The average Bonchev–Trinajstić information content (AvgIpc) is 2.69. The third kappa shape index (κ3) is 4.67. The Balaban J connectivity index is 1.62. The number of nitrogens with zero attached hydrogens (tertiary/aromatic N) is 1. The van der Waals surface area contributed by atoms with E-state index < -0.39 is 0 Å². The van der Waals surface area contributed by atoms with Crippen molar-refractivity contribution in [1.29, 1.82) is 0 Å². The third-order valence-electron chi connectivity index (χ3n) is 4.63. The first-order valence-electron chi connectivity index (χ1n) is 8.90. The van der Waals surface area contributed by atoms with Gasteiger partial charge in [-0.1, -0.05) is 30.3 Å². The van der Waals surface area contributed by atoms with Crippen molar-refractivity contribution in [3.05, 3.63) is 65.7 Å². The summed E-state index contributed by atoms with van der Waals surface area (Å²) in [5.41, 5.74) is 2.71. The molecule has 0 bridgehead atoms. The zero-order valence-corrected chi connectivity index (χ0v) is 15.8. The second-order valence-corrected chi connectivity index (χ2v) is 7.44. The van der Waals surface area contributed by atoms with E-state index in [0.717, 1.165) is 24.3 Å². The molecule has 1 N–H and O–H groups in total. The van der Waals surface area contributed by atoms with E-state index in [0.29, 0.717) is 18.7 Å². The van der Waals surface area contributed by atoms with E-state index in [1.807, 2.05) is 59.5 Å². The maximum absolute atomic E-state index is 12.8. The summed E-state index contributed by atoms with van der Waals surface area (Å²) in [6, 6.07) is 17.3. The number of hydrogen-bond acceptors (Lipinski definition) is 3. The van der Waals surface area contributed by atoms with Gasteiger partial charge in [-0.05, 0) is 48.9 Å². The highest BCUT2D eigenvalue weighted by atomic mass is 32.2. The molecule has 1 unspecified atom stereocenters. The Kier molecular flexibility index (Phi) is 6.34. The first kappa shape index (κ1) is 18.5. The number of anilines is 1. The van der Waals surface area contributed by atoms with Crippen LogP contribution in [0.1, 0.15) is 28.8 Å². The Morgan fingerprint density at radius 3 is 2.54 bits per heavy atom. The Morgan fingerprint density at radius 2 is 1.85 bits per heavy atom. The molecule has 0 spiro atoms. The Labute approximate surface area is 159 Å². The maximum atomic E-state index is 12.8. The highest BCUT2D eigenvalue weighted by Gasteiger charge is 2.29. The number of carbonyl (C=O) groups is 2. The fraction of sp³-hybridized carbons (Fsp3) is 0.333. The number of hydrogen-bond donors (Lipinski definition) is 1. The topological polar surface area (TPSA) is 49.4 Å². The van der Waals surface area contributed by atoms with Gasteiger partial charge in [-0.2, -0.15) is 11.8 Å². The van der Waals surface area contributed by atoms with Crippen LogP contribution in [0.15, 0.2) is 54.6 Å². The van der Waals surface area contributed by atoms with Gasteiger partial charge in [0.15, 0.2) is 0 Å². The first-order valence-corrected chi connectivity index (χ1v) is 10.3. The van der Waals surface area contributed by atoms with Crippen LogP contribution < -0.4 is 5.32 Å². The summed E-state index contributed by atoms with van der Waals surface area (Å²) in [5.74, 6) is 0.783. The predicted octanol–water partition coefficient (Wildman–Crippen LogP) is 4.04. The molecule has 2 amide bonds. The number of piperidine rings is 1. The van der Waals surface area contributed by atoms with Crippen molar-refractivity contribution in [2.75, 3.05) is 24.7 Å². The number of carbonyl (C=O) groups excluding carboxylic acids is 2. The molecule has 1 fully saturated rings. The summed E-state index contributed by atoms with van der Waals surface area (Å²) in [5, 5.41) is 2.95. The minimum atomic E-state index is -0.163. The van der Waals surface area contributed by atoms with Gasteiger partial charge in [-0.3, -0.25) is 9.59 Å². The molecule has 26 heavy (non-hydrogen) atoms. The normalized spacial score (nSPS) is 17.0. The highest BCUT2D eigenvalue weighted by molar-refractivity contribution is 7.97. The zero-order valence-electron chi connectivity index (χ0n) is 15.0. The Hall–Kier alpha value is -2.27. The predicted molar refractivity (Wildman–Crippen MR) is 107 cm³/mol. The number of benzene rings is 2. The zero-order chi connectivity index (χ0) is 18.4. The van der Waals surface area contributed by atoms with Gasteiger partial charge in [0.1, 0.15) is 0 Å². The molecule has 5 heteroatoms. The van der Waals surface area contributed by atoms with Gasteiger partial charge in [0.05, 0.1) is 5.92 Å². The van der Waals surface area contributed by atoms with Crippen molar-refractivity contribution in [1.82, 2.24) is 4.90 Å². The van der Waals surface area contributed by atoms with E-state index in [9.17, 15) is 9.59 Å². The van der Waals surface area contributed by atoms with Crippen LogP contribution in [-0.4, -0.2) is 36.1 Å². The molecular weight excluding hydrogens is 344 g/mol. The maximum Gasteiger partial charge on any atom is 0.253 e. The summed E-state index contributed by atoms with van der Waals surface area (Å²) >= 11 is 1.76. The quantitative estimate of drug-likeness (QED) is 0.866. The molecule has 3 rings (SSSR count). The lowest BCUT2D eigenvalue weighted by atomic mass is 9.96. The van der Waals surface area contributed by atoms with Gasteiger partial charge in [-0.15, -0.1) is 0 Å². The minimum absolute atomic E-state index is 0.0102. The molecular formula is C21H24N2O2S. The molecule has 1 aliphatic rings. The molecule has 1 aliphatic heterocycles. The van der Waals surface area contributed by atoms with Crippen LogP contribution in [0.3, 0.4) is 0 Å². The van der Waals surface area contributed by atoms with Crippen molar-refractivity contribution in [3.63, 3.8) is 0 Å². The molecule has 2 aromatic rings. The lowest BCUT2D eigenvalue weighted by Gasteiger charge is -2.32. The summed E-state index contributed by atoms with van der Waals surface area (Å²) in [7, 11) is 0. The number of amides is 2. The lowest BCUT2D eigenvalue weighted by molar-refractivity contribution is -0.121. The van der Waals surface area contributed by atoms with Gasteiger partial charge in [0.25, 0.3) is 5.91 Å². The van der Waals surface area contributed by atoms with Crippen LogP contribution in [0.2, 0.25) is 0 Å². The van der Waals surface area contributed by atoms with E-state index in [1.165, 1.54) is 5.56 Å². The van der Waals surface area contributed by atoms with Gasteiger partial charge in [0, 0.05) is 30.1 Å². The number of nitrogens with one attached hydrogen (secondary N) is 1. The smallest absolute Gasteiger partial charge is 0.253 e. The number of rotatable bonds is 5. The molecule has 1 saturated heterocycles. The molecule has 2 aromatic carbocycles. The van der Waals surface area contributed by atoms with Crippen LogP contribution in [0.25, 0.3) is 0 Å². The van der Waals surface area contributed by atoms with Crippen LogP contribution in [0, 0.1) is 5.92 Å². The average molecular weight is 369 g/mol. The van der Waals surface area contributed by atoms with Crippen LogP contribution >= 0.6 is 11.8 Å². The molecule has 4 nitrogen and oxygen atoms in total. The van der Waals surface area contributed by atoms with Crippen molar-refractivity contribution in [2.45, 2.75) is 18.6 Å².